The molecular weight excluding hydrogens is 418 g/mol. The molecule has 1 N–H and O–H groups in total. The summed E-state index contributed by atoms with van der Waals surface area (Å²) in [5.74, 6) is -0.709. The minimum Gasteiger partial charge on any atom is -0.497 e. The highest BCUT2D eigenvalue weighted by Gasteiger charge is 2.16. The van der Waals surface area contributed by atoms with Gasteiger partial charge in [0.25, 0.3) is 5.91 Å². The van der Waals surface area contributed by atoms with Crippen molar-refractivity contribution in [2.45, 2.75) is 16.3 Å². The zero-order valence-corrected chi connectivity index (χ0v) is 17.8. The smallest absolute Gasteiger partial charge is 0.252 e. The van der Waals surface area contributed by atoms with Crippen LogP contribution in [-0.4, -0.2) is 24.6 Å². The molecule has 0 aliphatic heterocycles. The van der Waals surface area contributed by atoms with Gasteiger partial charge in [-0.15, -0.1) is 0 Å². The molecule has 0 atom stereocenters. The van der Waals surface area contributed by atoms with E-state index in [1.54, 1.807) is 20.2 Å². The van der Waals surface area contributed by atoms with Crippen molar-refractivity contribution in [2.24, 2.45) is 0 Å². The Morgan fingerprint density at radius 1 is 1.03 bits per heavy atom. The largest absolute Gasteiger partial charge is 0.497 e. The van der Waals surface area contributed by atoms with Crippen molar-refractivity contribution >= 4 is 28.6 Å². The van der Waals surface area contributed by atoms with E-state index in [1.807, 2.05) is 47.2 Å². The van der Waals surface area contributed by atoms with Gasteiger partial charge in [-0.05, 0) is 42.0 Å². The molecule has 0 radical (unpaired) electrons. The highest BCUT2D eigenvalue weighted by atomic mass is 32.2. The SMILES string of the molecule is CNC(=O)c1ccccc1Sc1cn(Cc2cc(F)cc(F)c2)c2cc(OC)ccc12. The Balaban J connectivity index is 1.79. The summed E-state index contributed by atoms with van der Waals surface area (Å²) in [6, 6.07) is 16.6. The molecule has 1 aromatic heterocycles. The van der Waals surface area contributed by atoms with Crippen LogP contribution in [0.5, 0.6) is 5.75 Å². The first kappa shape index (κ1) is 20.9. The number of hydrogen-bond donors (Lipinski definition) is 1. The van der Waals surface area contributed by atoms with Crippen LogP contribution in [0, 0.1) is 11.6 Å². The van der Waals surface area contributed by atoms with E-state index in [9.17, 15) is 13.6 Å². The van der Waals surface area contributed by atoms with E-state index >= 15 is 0 Å². The van der Waals surface area contributed by atoms with Crippen LogP contribution in [0.4, 0.5) is 8.78 Å². The summed E-state index contributed by atoms with van der Waals surface area (Å²) in [4.78, 5) is 14.0. The molecule has 158 valence electrons. The molecule has 1 amide bonds. The van der Waals surface area contributed by atoms with Crippen molar-refractivity contribution < 1.29 is 18.3 Å². The number of halogens is 2. The third-order valence-electron chi connectivity index (χ3n) is 4.91. The second-order valence-electron chi connectivity index (χ2n) is 6.96. The van der Waals surface area contributed by atoms with Gasteiger partial charge in [-0.1, -0.05) is 23.9 Å². The number of nitrogens with zero attached hydrogens (tertiary/aromatic N) is 1. The number of fused-ring (bicyclic) bond motifs is 1. The molecule has 0 fully saturated rings. The number of carbonyl (C=O) groups is 1. The predicted octanol–water partition coefficient (Wildman–Crippen LogP) is 5.49. The van der Waals surface area contributed by atoms with Crippen LogP contribution in [0.25, 0.3) is 10.9 Å². The van der Waals surface area contributed by atoms with Crippen LogP contribution in [0.3, 0.4) is 0 Å². The highest BCUT2D eigenvalue weighted by molar-refractivity contribution is 7.99. The maximum atomic E-state index is 13.7. The van der Waals surface area contributed by atoms with Gasteiger partial charge >= 0.3 is 0 Å². The molecule has 0 aliphatic carbocycles. The lowest BCUT2D eigenvalue weighted by Crippen LogP contribution is -2.18. The normalized spacial score (nSPS) is 11.0. The van der Waals surface area contributed by atoms with E-state index in [2.05, 4.69) is 5.32 Å². The number of amides is 1. The predicted molar refractivity (Wildman–Crippen MR) is 118 cm³/mol. The summed E-state index contributed by atoms with van der Waals surface area (Å²) in [6.07, 6.45) is 1.93. The topological polar surface area (TPSA) is 43.3 Å². The van der Waals surface area contributed by atoms with Crippen molar-refractivity contribution in [1.29, 1.82) is 0 Å². The zero-order chi connectivity index (χ0) is 22.0. The number of benzene rings is 3. The van der Waals surface area contributed by atoms with Crippen LogP contribution >= 0.6 is 11.8 Å². The monoisotopic (exact) mass is 438 g/mol. The quantitative estimate of drug-likeness (QED) is 0.433. The van der Waals surface area contributed by atoms with Gasteiger partial charge in [0.2, 0.25) is 0 Å². The number of carbonyl (C=O) groups excluding carboxylic acids is 1. The van der Waals surface area contributed by atoms with Gasteiger partial charge in [0.05, 0.1) is 18.2 Å². The lowest BCUT2D eigenvalue weighted by molar-refractivity contribution is 0.0960. The maximum absolute atomic E-state index is 13.7. The fourth-order valence-electron chi connectivity index (χ4n) is 3.47. The van der Waals surface area contributed by atoms with Crippen molar-refractivity contribution in [1.82, 2.24) is 9.88 Å². The number of methoxy groups -OCH3 is 1. The molecule has 4 rings (SSSR count). The molecule has 0 bridgehead atoms. The Labute approximate surface area is 182 Å². The first-order valence-electron chi connectivity index (χ1n) is 9.59. The van der Waals surface area contributed by atoms with E-state index in [0.717, 1.165) is 26.8 Å². The van der Waals surface area contributed by atoms with Crippen molar-refractivity contribution in [3.63, 3.8) is 0 Å². The van der Waals surface area contributed by atoms with E-state index in [4.69, 9.17) is 4.74 Å². The average Bonchev–Trinajstić information content (AvgIpc) is 3.09. The third kappa shape index (κ3) is 4.41. The maximum Gasteiger partial charge on any atom is 0.252 e. The van der Waals surface area contributed by atoms with Crippen LogP contribution in [0.2, 0.25) is 0 Å². The van der Waals surface area contributed by atoms with Gasteiger partial charge in [0.15, 0.2) is 0 Å². The molecule has 0 spiro atoms. The van der Waals surface area contributed by atoms with E-state index in [-0.39, 0.29) is 12.5 Å². The van der Waals surface area contributed by atoms with E-state index in [0.29, 0.717) is 16.9 Å². The summed E-state index contributed by atoms with van der Waals surface area (Å²) < 4.78 is 34.7. The summed E-state index contributed by atoms with van der Waals surface area (Å²) in [5, 5.41) is 3.62. The van der Waals surface area contributed by atoms with Crippen molar-refractivity contribution in [3.05, 3.63) is 89.6 Å². The Hall–Kier alpha value is -3.32. The fourth-order valence-corrected chi connectivity index (χ4v) is 4.59. The Kier molecular flexibility index (Phi) is 5.95. The Morgan fingerprint density at radius 2 is 1.77 bits per heavy atom. The first-order valence-corrected chi connectivity index (χ1v) is 10.4. The average molecular weight is 438 g/mol. The van der Waals surface area contributed by atoms with E-state index < -0.39 is 11.6 Å². The lowest BCUT2D eigenvalue weighted by atomic mass is 10.2. The molecule has 0 aliphatic rings. The molecule has 0 saturated carbocycles. The van der Waals surface area contributed by atoms with Gasteiger partial charge < -0.3 is 14.6 Å². The summed E-state index contributed by atoms with van der Waals surface area (Å²) >= 11 is 1.47. The summed E-state index contributed by atoms with van der Waals surface area (Å²) in [5.41, 5.74) is 1.96. The Morgan fingerprint density at radius 3 is 2.48 bits per heavy atom. The van der Waals surface area contributed by atoms with Crippen LogP contribution < -0.4 is 10.1 Å². The minimum atomic E-state index is -0.613. The highest BCUT2D eigenvalue weighted by Crippen LogP contribution is 2.38. The second kappa shape index (κ2) is 8.81. The molecule has 4 aromatic rings. The first-order chi connectivity index (χ1) is 15.0. The van der Waals surface area contributed by atoms with Gasteiger partial charge in [-0.25, -0.2) is 8.78 Å². The molecular formula is C24H20F2N2O2S. The van der Waals surface area contributed by atoms with Gasteiger partial charge in [-0.3, -0.25) is 4.79 Å². The Bertz CT molecular complexity index is 1250. The van der Waals surface area contributed by atoms with E-state index in [1.165, 1.54) is 23.9 Å². The van der Waals surface area contributed by atoms with Crippen LogP contribution in [-0.2, 0) is 6.54 Å². The number of ether oxygens (including phenoxy) is 1. The van der Waals surface area contributed by atoms with Gasteiger partial charge in [0.1, 0.15) is 17.4 Å². The summed E-state index contributed by atoms with van der Waals surface area (Å²) in [6.45, 7) is 0.288. The standard InChI is InChI=1S/C24H20F2N2O2S/c1-27-24(29)20-5-3-4-6-22(20)31-23-14-28(13-15-9-16(25)11-17(26)10-15)21-12-18(30-2)7-8-19(21)23/h3-12,14H,13H2,1-2H3,(H,27,29). The zero-order valence-electron chi connectivity index (χ0n) is 17.0. The van der Waals surface area contributed by atoms with Crippen LogP contribution in [0.1, 0.15) is 15.9 Å². The van der Waals surface area contributed by atoms with Crippen LogP contribution in [0.15, 0.2) is 76.7 Å². The second-order valence-corrected chi connectivity index (χ2v) is 8.04. The molecule has 7 heteroatoms. The number of nitrogens with one attached hydrogen (secondary N) is 1. The molecule has 31 heavy (non-hydrogen) atoms. The lowest BCUT2D eigenvalue weighted by Gasteiger charge is -2.07. The van der Waals surface area contributed by atoms with Gasteiger partial charge in [-0.2, -0.15) is 0 Å². The molecule has 4 nitrogen and oxygen atoms in total. The molecule has 3 aromatic carbocycles. The molecule has 1 heterocycles. The number of rotatable bonds is 6. The molecule has 0 unspecified atom stereocenters. The van der Waals surface area contributed by atoms with Gasteiger partial charge in [0, 0.05) is 47.1 Å². The third-order valence-corrected chi connectivity index (χ3v) is 6.03. The minimum absolute atomic E-state index is 0.163. The number of hydrogen-bond acceptors (Lipinski definition) is 3. The van der Waals surface area contributed by atoms with Crippen molar-refractivity contribution in [3.8, 4) is 5.75 Å². The summed E-state index contributed by atoms with van der Waals surface area (Å²) in [7, 11) is 3.19. The molecule has 0 saturated heterocycles. The fraction of sp³-hybridized carbons (Fsp3) is 0.125. The number of aromatic nitrogens is 1. The van der Waals surface area contributed by atoms with Crippen molar-refractivity contribution in [2.75, 3.05) is 14.2 Å².